The summed E-state index contributed by atoms with van der Waals surface area (Å²) < 4.78 is 2.47. The first-order chi connectivity index (χ1) is 30.2. The van der Waals surface area contributed by atoms with Gasteiger partial charge in [0, 0.05) is 33.0 Å². The van der Waals surface area contributed by atoms with Gasteiger partial charge in [-0.25, -0.2) is 15.0 Å². The quantitative estimate of drug-likeness (QED) is 0.158. The van der Waals surface area contributed by atoms with Crippen LogP contribution in [0.3, 0.4) is 0 Å². The van der Waals surface area contributed by atoms with Crippen LogP contribution in [-0.2, 0) is 0 Å². The minimum absolute atomic E-state index is 0.624. The predicted octanol–water partition coefficient (Wildman–Crippen LogP) is 14.8. The fourth-order valence-corrected chi connectivity index (χ4v) is 9.16. The van der Waals surface area contributed by atoms with Crippen molar-refractivity contribution in [3.05, 3.63) is 218 Å². The average molecular weight is 777 g/mol. The second-order valence-electron chi connectivity index (χ2n) is 15.6. The Hall–Kier alpha value is -8.21. The Morgan fingerprint density at radius 3 is 1.30 bits per heavy atom. The van der Waals surface area contributed by atoms with E-state index in [4.69, 9.17) is 15.0 Å². The van der Waals surface area contributed by atoms with Crippen molar-refractivity contribution >= 4 is 54.1 Å². The van der Waals surface area contributed by atoms with Crippen LogP contribution in [0, 0.1) is 0 Å². The number of hydrogen-bond acceptors (Lipinski definition) is 3. The second-order valence-corrected chi connectivity index (χ2v) is 15.6. The van der Waals surface area contributed by atoms with Crippen LogP contribution in [0.4, 0.5) is 0 Å². The molecule has 2 aromatic heterocycles. The van der Waals surface area contributed by atoms with Crippen LogP contribution in [0.15, 0.2) is 218 Å². The van der Waals surface area contributed by atoms with E-state index in [-0.39, 0.29) is 0 Å². The molecule has 0 aliphatic carbocycles. The Labute approximate surface area is 352 Å². The molecule has 4 heteroatoms. The maximum atomic E-state index is 5.12. The van der Waals surface area contributed by atoms with E-state index in [1.807, 2.05) is 60.7 Å². The van der Waals surface area contributed by atoms with Gasteiger partial charge in [-0.15, -0.1) is 0 Å². The molecular formula is C57H36N4. The Balaban J connectivity index is 1.15. The van der Waals surface area contributed by atoms with Crippen molar-refractivity contribution in [2.75, 3.05) is 0 Å². The lowest BCUT2D eigenvalue weighted by atomic mass is 9.90. The minimum atomic E-state index is 0.624. The lowest BCUT2D eigenvalue weighted by Crippen LogP contribution is -2.01. The molecule has 0 spiro atoms. The summed E-state index contributed by atoms with van der Waals surface area (Å²) in [5.74, 6) is 1.90. The van der Waals surface area contributed by atoms with Crippen LogP contribution in [-0.4, -0.2) is 19.5 Å². The number of rotatable bonds is 6. The molecule has 4 nitrogen and oxygen atoms in total. The van der Waals surface area contributed by atoms with E-state index in [1.165, 1.54) is 54.2 Å². The molecule has 0 bridgehead atoms. The van der Waals surface area contributed by atoms with Crippen molar-refractivity contribution in [1.82, 2.24) is 19.5 Å². The zero-order valence-electron chi connectivity index (χ0n) is 33.1. The number of benzene rings is 10. The van der Waals surface area contributed by atoms with Crippen LogP contribution >= 0.6 is 0 Å². The molecule has 0 aliphatic heterocycles. The molecule has 0 unspecified atom stereocenters. The third kappa shape index (κ3) is 5.88. The van der Waals surface area contributed by atoms with Gasteiger partial charge in [0.1, 0.15) is 0 Å². The Morgan fingerprint density at radius 1 is 0.246 bits per heavy atom. The summed E-state index contributed by atoms with van der Waals surface area (Å²) in [6.45, 7) is 0. The second kappa shape index (κ2) is 14.3. The third-order valence-electron chi connectivity index (χ3n) is 12.0. The van der Waals surface area contributed by atoms with E-state index in [0.29, 0.717) is 17.5 Å². The molecule has 284 valence electrons. The highest BCUT2D eigenvalue weighted by Gasteiger charge is 2.21. The van der Waals surface area contributed by atoms with Gasteiger partial charge >= 0.3 is 0 Å². The monoisotopic (exact) mass is 776 g/mol. The Morgan fingerprint density at radius 2 is 0.689 bits per heavy atom. The van der Waals surface area contributed by atoms with Gasteiger partial charge in [-0.1, -0.05) is 182 Å². The predicted molar refractivity (Wildman–Crippen MR) is 254 cm³/mol. The molecule has 0 atom stereocenters. The molecule has 0 amide bonds. The van der Waals surface area contributed by atoms with Gasteiger partial charge in [-0.3, -0.25) is 0 Å². The van der Waals surface area contributed by atoms with E-state index in [9.17, 15) is 0 Å². The van der Waals surface area contributed by atoms with Crippen molar-refractivity contribution in [2.24, 2.45) is 0 Å². The number of aromatic nitrogens is 4. The number of hydrogen-bond donors (Lipinski definition) is 0. The highest BCUT2D eigenvalue weighted by molar-refractivity contribution is 6.26. The molecule has 0 saturated heterocycles. The lowest BCUT2D eigenvalue weighted by Gasteiger charge is -2.19. The number of fused-ring (bicyclic) bond motifs is 9. The van der Waals surface area contributed by atoms with Crippen molar-refractivity contribution < 1.29 is 0 Å². The SMILES string of the molecule is c1ccc(-c2ccc3c(c2)c2ccccc2n3-c2cc3c4ccccc4c4ccccc4c3cc2-c2cccc(-c3nc(-c4ccccc4)nc(-c4ccccc4)n3)c2)cc1. The smallest absolute Gasteiger partial charge is 0.164 e. The highest BCUT2D eigenvalue weighted by atomic mass is 15.0. The largest absolute Gasteiger partial charge is 0.309 e. The van der Waals surface area contributed by atoms with Crippen LogP contribution in [0.2, 0.25) is 0 Å². The van der Waals surface area contributed by atoms with E-state index >= 15 is 0 Å². The topological polar surface area (TPSA) is 43.6 Å². The number of para-hydroxylation sites is 1. The fraction of sp³-hybridized carbons (Fsp3) is 0. The molecule has 2 heterocycles. The normalized spacial score (nSPS) is 11.6. The van der Waals surface area contributed by atoms with Gasteiger partial charge in [-0.2, -0.15) is 0 Å². The van der Waals surface area contributed by atoms with E-state index in [2.05, 4.69) is 162 Å². The Bertz CT molecular complexity index is 3570. The average Bonchev–Trinajstić information content (AvgIpc) is 3.68. The summed E-state index contributed by atoms with van der Waals surface area (Å²) in [7, 11) is 0. The molecular weight excluding hydrogens is 741 g/mol. The summed E-state index contributed by atoms with van der Waals surface area (Å²) in [5.41, 5.74) is 10.8. The van der Waals surface area contributed by atoms with Gasteiger partial charge in [0.05, 0.1) is 16.7 Å². The van der Waals surface area contributed by atoms with Gasteiger partial charge in [-0.05, 0) is 85.4 Å². The zero-order chi connectivity index (χ0) is 40.3. The summed E-state index contributed by atoms with van der Waals surface area (Å²) in [5, 5.41) is 9.81. The van der Waals surface area contributed by atoms with Gasteiger partial charge in [0.2, 0.25) is 0 Å². The summed E-state index contributed by atoms with van der Waals surface area (Å²) in [4.78, 5) is 15.2. The highest BCUT2D eigenvalue weighted by Crippen LogP contribution is 2.44. The van der Waals surface area contributed by atoms with E-state index in [1.54, 1.807) is 0 Å². The lowest BCUT2D eigenvalue weighted by molar-refractivity contribution is 1.07. The van der Waals surface area contributed by atoms with Crippen molar-refractivity contribution in [3.8, 4) is 62.1 Å². The summed E-state index contributed by atoms with van der Waals surface area (Å²) >= 11 is 0. The minimum Gasteiger partial charge on any atom is -0.309 e. The van der Waals surface area contributed by atoms with Gasteiger partial charge in [0.25, 0.3) is 0 Å². The molecule has 0 aliphatic rings. The first-order valence-electron chi connectivity index (χ1n) is 20.7. The van der Waals surface area contributed by atoms with Gasteiger partial charge in [0.15, 0.2) is 17.5 Å². The van der Waals surface area contributed by atoms with Crippen LogP contribution in [0.5, 0.6) is 0 Å². The first kappa shape index (κ1) is 34.8. The maximum Gasteiger partial charge on any atom is 0.164 e. The van der Waals surface area contributed by atoms with Crippen molar-refractivity contribution in [1.29, 1.82) is 0 Å². The van der Waals surface area contributed by atoms with Crippen molar-refractivity contribution in [3.63, 3.8) is 0 Å². The molecule has 0 N–H and O–H groups in total. The summed E-state index contributed by atoms with van der Waals surface area (Å²) in [6, 6.07) is 77.8. The standard InChI is InChI=1S/C57H36N4/c1-4-17-37(18-5-1)40-31-32-53-51(34-40)47-29-14-15-30-52(47)61(53)54-36-50-46-28-13-11-26-44(46)43-25-10-12-27-45(43)49(50)35-48(54)41-23-16-24-42(33-41)57-59-55(38-19-6-2-7-20-38)58-56(60-57)39-21-8-3-9-22-39/h1-36H. The first-order valence-corrected chi connectivity index (χ1v) is 20.7. The zero-order valence-corrected chi connectivity index (χ0v) is 33.1. The summed E-state index contributed by atoms with van der Waals surface area (Å²) in [6.07, 6.45) is 0. The molecule has 61 heavy (non-hydrogen) atoms. The van der Waals surface area contributed by atoms with Gasteiger partial charge < -0.3 is 4.57 Å². The van der Waals surface area contributed by atoms with Crippen LogP contribution in [0.25, 0.3) is 116 Å². The fourth-order valence-electron chi connectivity index (χ4n) is 9.16. The number of nitrogens with zero attached hydrogens (tertiary/aromatic N) is 4. The molecule has 12 aromatic rings. The molecule has 0 saturated carbocycles. The van der Waals surface area contributed by atoms with Crippen LogP contribution < -0.4 is 0 Å². The third-order valence-corrected chi connectivity index (χ3v) is 12.0. The maximum absolute atomic E-state index is 5.12. The molecule has 12 rings (SSSR count). The molecule has 10 aromatic carbocycles. The molecule has 0 radical (unpaired) electrons. The van der Waals surface area contributed by atoms with E-state index in [0.717, 1.165) is 44.5 Å². The van der Waals surface area contributed by atoms with E-state index < -0.39 is 0 Å². The molecule has 0 fully saturated rings. The Kier molecular flexibility index (Phi) is 8.13. The van der Waals surface area contributed by atoms with Crippen LogP contribution in [0.1, 0.15) is 0 Å². The van der Waals surface area contributed by atoms with Crippen molar-refractivity contribution in [2.45, 2.75) is 0 Å².